The molecule has 30 heavy (non-hydrogen) atoms. The summed E-state index contributed by atoms with van der Waals surface area (Å²) in [5, 5.41) is 13.0. The van der Waals surface area contributed by atoms with Gasteiger partial charge in [-0.2, -0.15) is 5.26 Å². The molecule has 9 heteroatoms. The van der Waals surface area contributed by atoms with Crippen molar-refractivity contribution in [2.75, 3.05) is 17.6 Å². The van der Waals surface area contributed by atoms with E-state index in [1.807, 2.05) is 24.3 Å². The van der Waals surface area contributed by atoms with Crippen molar-refractivity contribution in [3.63, 3.8) is 0 Å². The van der Waals surface area contributed by atoms with Crippen LogP contribution in [0.25, 0.3) is 10.2 Å². The number of nitrogens with zero attached hydrogens (tertiary/aromatic N) is 3. The SMILES string of the molecule is CCCC(CCNS(=O)(=O)CC)c1ccnc(Nc2nc3ccc(C#N)cc3s2)c1. The van der Waals surface area contributed by atoms with Gasteiger partial charge in [-0.1, -0.05) is 24.7 Å². The maximum absolute atomic E-state index is 11.7. The molecule has 0 aliphatic carbocycles. The lowest BCUT2D eigenvalue weighted by molar-refractivity contribution is 0.546. The molecule has 0 amide bonds. The van der Waals surface area contributed by atoms with E-state index in [0.717, 1.165) is 35.0 Å². The Morgan fingerprint density at radius 2 is 2.03 bits per heavy atom. The zero-order chi connectivity index (χ0) is 21.6. The lowest BCUT2D eigenvalue weighted by atomic mass is 9.92. The Morgan fingerprint density at radius 3 is 2.77 bits per heavy atom. The quantitative estimate of drug-likeness (QED) is 0.477. The molecule has 158 valence electrons. The Balaban J connectivity index is 1.74. The van der Waals surface area contributed by atoms with E-state index in [1.54, 1.807) is 19.2 Å². The van der Waals surface area contributed by atoms with E-state index in [1.165, 1.54) is 11.3 Å². The Bertz CT molecular complexity index is 1150. The summed E-state index contributed by atoms with van der Waals surface area (Å²) < 4.78 is 27.0. The lowest BCUT2D eigenvalue weighted by Gasteiger charge is -2.17. The van der Waals surface area contributed by atoms with Crippen molar-refractivity contribution in [2.45, 2.75) is 39.0 Å². The minimum absolute atomic E-state index is 0.0901. The first-order chi connectivity index (χ1) is 14.4. The van der Waals surface area contributed by atoms with Gasteiger partial charge in [0.05, 0.1) is 27.6 Å². The molecule has 0 aliphatic rings. The largest absolute Gasteiger partial charge is 0.316 e. The third-order valence-corrected chi connectivity index (χ3v) is 7.18. The number of hydrogen-bond acceptors (Lipinski definition) is 7. The van der Waals surface area contributed by atoms with Crippen LogP contribution >= 0.6 is 11.3 Å². The number of rotatable bonds is 10. The summed E-state index contributed by atoms with van der Waals surface area (Å²) in [5.74, 6) is 1.03. The molecule has 2 heterocycles. The average Bonchev–Trinajstić information content (AvgIpc) is 3.14. The fraction of sp³-hybridized carbons (Fsp3) is 0.381. The van der Waals surface area contributed by atoms with Crippen molar-refractivity contribution in [3.05, 3.63) is 47.7 Å². The van der Waals surface area contributed by atoms with Crippen molar-refractivity contribution >= 4 is 42.5 Å². The second-order valence-electron chi connectivity index (χ2n) is 6.98. The molecule has 0 radical (unpaired) electrons. The van der Waals surface area contributed by atoms with Crippen LogP contribution < -0.4 is 10.0 Å². The van der Waals surface area contributed by atoms with Gasteiger partial charge in [0.15, 0.2) is 5.13 Å². The van der Waals surface area contributed by atoms with Crippen molar-refractivity contribution < 1.29 is 8.42 Å². The predicted molar refractivity (Wildman–Crippen MR) is 122 cm³/mol. The number of hydrogen-bond donors (Lipinski definition) is 2. The second-order valence-corrected chi connectivity index (χ2v) is 10.1. The summed E-state index contributed by atoms with van der Waals surface area (Å²) in [6.45, 7) is 4.18. The monoisotopic (exact) mass is 443 g/mol. The number of anilines is 2. The molecule has 0 saturated carbocycles. The standard InChI is InChI=1S/C21H25N5O2S2/c1-3-5-16(9-11-24-30(27,28)4-2)17-8-10-23-20(13-17)26-21-25-18-7-6-15(14-22)12-19(18)29-21/h6-8,10,12-13,16,24H,3-5,9,11H2,1-2H3,(H,23,25,26). The number of nitriles is 1. The summed E-state index contributed by atoms with van der Waals surface area (Å²) in [6, 6.07) is 11.6. The zero-order valence-corrected chi connectivity index (χ0v) is 18.7. The number of fused-ring (bicyclic) bond motifs is 1. The van der Waals surface area contributed by atoms with Crippen molar-refractivity contribution in [1.82, 2.24) is 14.7 Å². The second kappa shape index (κ2) is 9.98. The molecule has 0 bridgehead atoms. The summed E-state index contributed by atoms with van der Waals surface area (Å²) >= 11 is 1.48. The van der Waals surface area contributed by atoms with E-state index in [2.05, 4.69) is 33.0 Å². The molecule has 0 spiro atoms. The molecule has 1 unspecified atom stereocenters. The average molecular weight is 444 g/mol. The van der Waals surface area contributed by atoms with E-state index < -0.39 is 10.0 Å². The maximum Gasteiger partial charge on any atom is 0.211 e. The first kappa shape index (κ1) is 22.2. The molecule has 2 aromatic heterocycles. The Labute approximate surface area is 181 Å². The highest BCUT2D eigenvalue weighted by molar-refractivity contribution is 7.89. The molecule has 3 aromatic rings. The highest BCUT2D eigenvalue weighted by Gasteiger charge is 2.14. The Kier molecular flexibility index (Phi) is 7.37. The minimum atomic E-state index is -3.18. The molecule has 1 aromatic carbocycles. The summed E-state index contributed by atoms with van der Waals surface area (Å²) in [6.07, 6.45) is 4.47. The van der Waals surface area contributed by atoms with Crippen LogP contribution in [-0.2, 0) is 10.0 Å². The number of sulfonamides is 1. The third kappa shape index (κ3) is 5.75. The lowest BCUT2D eigenvalue weighted by Crippen LogP contribution is -2.27. The third-order valence-electron chi connectivity index (χ3n) is 4.84. The summed E-state index contributed by atoms with van der Waals surface area (Å²) in [4.78, 5) is 8.97. The molecule has 2 N–H and O–H groups in total. The van der Waals surface area contributed by atoms with E-state index in [-0.39, 0.29) is 11.7 Å². The molecule has 7 nitrogen and oxygen atoms in total. The van der Waals surface area contributed by atoms with Crippen LogP contribution in [0.3, 0.4) is 0 Å². The van der Waals surface area contributed by atoms with E-state index in [4.69, 9.17) is 5.26 Å². The van der Waals surface area contributed by atoms with E-state index >= 15 is 0 Å². The highest BCUT2D eigenvalue weighted by atomic mass is 32.2. The molecular weight excluding hydrogens is 418 g/mol. The summed E-state index contributed by atoms with van der Waals surface area (Å²) in [5.41, 5.74) is 2.57. The van der Waals surface area contributed by atoms with Crippen LogP contribution in [0, 0.1) is 11.3 Å². The number of aromatic nitrogens is 2. The fourth-order valence-corrected chi connectivity index (χ4v) is 4.79. The van der Waals surface area contributed by atoms with Gasteiger partial charge in [0, 0.05) is 12.7 Å². The van der Waals surface area contributed by atoms with Gasteiger partial charge >= 0.3 is 0 Å². The van der Waals surface area contributed by atoms with Gasteiger partial charge < -0.3 is 5.32 Å². The van der Waals surface area contributed by atoms with Crippen LogP contribution in [0.15, 0.2) is 36.5 Å². The van der Waals surface area contributed by atoms with Gasteiger partial charge in [0.1, 0.15) is 5.82 Å². The first-order valence-electron chi connectivity index (χ1n) is 9.95. The summed E-state index contributed by atoms with van der Waals surface area (Å²) in [7, 11) is -3.18. The maximum atomic E-state index is 11.7. The Morgan fingerprint density at radius 1 is 1.20 bits per heavy atom. The van der Waals surface area contributed by atoms with Gasteiger partial charge in [-0.3, -0.25) is 0 Å². The van der Waals surface area contributed by atoms with E-state index in [9.17, 15) is 8.42 Å². The van der Waals surface area contributed by atoms with Crippen molar-refractivity contribution in [1.29, 1.82) is 5.26 Å². The van der Waals surface area contributed by atoms with Gasteiger partial charge in [-0.25, -0.2) is 23.1 Å². The van der Waals surface area contributed by atoms with Gasteiger partial charge in [0.2, 0.25) is 10.0 Å². The van der Waals surface area contributed by atoms with Gasteiger partial charge in [-0.05, 0) is 61.6 Å². The van der Waals surface area contributed by atoms with Crippen LogP contribution in [-0.4, -0.2) is 30.7 Å². The van der Waals surface area contributed by atoms with E-state index in [0.29, 0.717) is 23.1 Å². The zero-order valence-electron chi connectivity index (χ0n) is 17.1. The molecule has 1 atom stereocenters. The number of pyridine rings is 1. The van der Waals surface area contributed by atoms with Gasteiger partial charge in [0.25, 0.3) is 0 Å². The van der Waals surface area contributed by atoms with Crippen LogP contribution in [0.4, 0.5) is 10.9 Å². The normalized spacial score (nSPS) is 12.6. The number of thiazole rings is 1. The predicted octanol–water partition coefficient (Wildman–Crippen LogP) is 4.52. The molecular formula is C21H25N5O2S2. The highest BCUT2D eigenvalue weighted by Crippen LogP contribution is 2.30. The number of nitrogens with one attached hydrogen (secondary N) is 2. The van der Waals surface area contributed by atoms with Crippen LogP contribution in [0.2, 0.25) is 0 Å². The van der Waals surface area contributed by atoms with Crippen LogP contribution in [0.5, 0.6) is 0 Å². The first-order valence-corrected chi connectivity index (χ1v) is 12.4. The topological polar surface area (TPSA) is 108 Å². The molecule has 0 saturated heterocycles. The number of benzene rings is 1. The van der Waals surface area contributed by atoms with Crippen molar-refractivity contribution in [2.24, 2.45) is 0 Å². The van der Waals surface area contributed by atoms with Crippen LogP contribution in [0.1, 0.15) is 50.2 Å². The minimum Gasteiger partial charge on any atom is -0.316 e. The molecule has 3 rings (SSSR count). The van der Waals surface area contributed by atoms with Gasteiger partial charge in [-0.15, -0.1) is 0 Å². The molecule has 0 fully saturated rings. The fourth-order valence-electron chi connectivity index (χ4n) is 3.24. The smallest absolute Gasteiger partial charge is 0.211 e. The Hall–Kier alpha value is -2.54. The molecule has 0 aliphatic heterocycles. The van der Waals surface area contributed by atoms with Crippen molar-refractivity contribution in [3.8, 4) is 6.07 Å².